The van der Waals surface area contributed by atoms with Gasteiger partial charge in [0.15, 0.2) is 0 Å². The molecule has 0 aliphatic heterocycles. The maximum atomic E-state index is 13.1. The van der Waals surface area contributed by atoms with E-state index in [2.05, 4.69) is 5.32 Å². The lowest BCUT2D eigenvalue weighted by Gasteiger charge is -2.32. The summed E-state index contributed by atoms with van der Waals surface area (Å²) in [5.74, 6) is 0.487. The van der Waals surface area contributed by atoms with Crippen LogP contribution in [0.2, 0.25) is 0 Å². The second kappa shape index (κ2) is 4.39. The fraction of sp³-hybridized carbons (Fsp3) is 0.571. The maximum absolute atomic E-state index is 13.1. The zero-order valence-corrected chi connectivity index (χ0v) is 9.82. The summed E-state index contributed by atoms with van der Waals surface area (Å²) in [7, 11) is 0. The van der Waals surface area contributed by atoms with Crippen LogP contribution < -0.4 is 5.32 Å². The minimum absolute atomic E-state index is 0.0771. The number of fused-ring (bicyclic) bond motifs is 1. The van der Waals surface area contributed by atoms with Crippen molar-refractivity contribution in [1.29, 1.82) is 0 Å². The molecule has 0 aromatic heterocycles. The fourth-order valence-electron chi connectivity index (χ4n) is 2.97. The predicted octanol–water partition coefficient (Wildman–Crippen LogP) is 2.17. The molecule has 0 saturated heterocycles. The standard InChI is InChI=1S/C14H18FNO/c15-11-2-3-13-10(7-11)1-4-14(13)16-8-9-5-12(17)6-9/h2-3,7,9,12,14,16-17H,1,4-6,8H2. The monoisotopic (exact) mass is 235 g/mol. The van der Waals surface area contributed by atoms with Gasteiger partial charge in [0, 0.05) is 6.04 Å². The number of hydrogen-bond donors (Lipinski definition) is 2. The van der Waals surface area contributed by atoms with Crippen molar-refractivity contribution in [3.63, 3.8) is 0 Å². The highest BCUT2D eigenvalue weighted by molar-refractivity contribution is 5.34. The van der Waals surface area contributed by atoms with Crippen molar-refractivity contribution in [2.45, 2.75) is 37.8 Å². The van der Waals surface area contributed by atoms with Crippen LogP contribution in [0, 0.1) is 11.7 Å². The number of nitrogens with one attached hydrogen (secondary N) is 1. The van der Waals surface area contributed by atoms with E-state index in [9.17, 15) is 9.50 Å². The fourth-order valence-corrected chi connectivity index (χ4v) is 2.97. The Hall–Kier alpha value is -0.930. The molecular weight excluding hydrogens is 217 g/mol. The number of aliphatic hydroxyl groups excluding tert-OH is 1. The quantitative estimate of drug-likeness (QED) is 0.841. The highest BCUT2D eigenvalue weighted by atomic mass is 19.1. The van der Waals surface area contributed by atoms with Crippen molar-refractivity contribution in [2.24, 2.45) is 5.92 Å². The van der Waals surface area contributed by atoms with Crippen LogP contribution >= 0.6 is 0 Å². The van der Waals surface area contributed by atoms with Gasteiger partial charge in [0.05, 0.1) is 6.10 Å². The van der Waals surface area contributed by atoms with Crippen molar-refractivity contribution < 1.29 is 9.50 Å². The van der Waals surface area contributed by atoms with Crippen molar-refractivity contribution >= 4 is 0 Å². The molecule has 3 heteroatoms. The predicted molar refractivity (Wildman–Crippen MR) is 64.2 cm³/mol. The first-order valence-corrected chi connectivity index (χ1v) is 6.42. The third-order valence-electron chi connectivity index (χ3n) is 4.05. The van der Waals surface area contributed by atoms with E-state index in [0.29, 0.717) is 12.0 Å². The molecule has 1 atom stereocenters. The molecule has 0 amide bonds. The number of hydrogen-bond acceptors (Lipinski definition) is 2. The summed E-state index contributed by atoms with van der Waals surface area (Å²) in [5.41, 5.74) is 2.41. The molecule has 1 aromatic carbocycles. The van der Waals surface area contributed by atoms with E-state index < -0.39 is 0 Å². The van der Waals surface area contributed by atoms with Crippen LogP contribution in [0.25, 0.3) is 0 Å². The second-order valence-electron chi connectivity index (χ2n) is 5.33. The lowest BCUT2D eigenvalue weighted by molar-refractivity contribution is 0.0418. The zero-order chi connectivity index (χ0) is 11.8. The summed E-state index contributed by atoms with van der Waals surface area (Å²) < 4.78 is 13.1. The summed E-state index contributed by atoms with van der Waals surface area (Å²) in [6.07, 6.45) is 3.81. The molecule has 2 N–H and O–H groups in total. The van der Waals surface area contributed by atoms with Crippen LogP contribution in [0.4, 0.5) is 4.39 Å². The lowest BCUT2D eigenvalue weighted by Crippen LogP contribution is -2.37. The first-order valence-electron chi connectivity index (χ1n) is 6.42. The Morgan fingerprint density at radius 2 is 2.18 bits per heavy atom. The van der Waals surface area contributed by atoms with Gasteiger partial charge in [-0.2, -0.15) is 0 Å². The van der Waals surface area contributed by atoms with Crippen LogP contribution in [-0.4, -0.2) is 17.8 Å². The van der Waals surface area contributed by atoms with Gasteiger partial charge in [0.25, 0.3) is 0 Å². The lowest BCUT2D eigenvalue weighted by atomic mass is 9.82. The molecule has 2 aliphatic carbocycles. The molecule has 2 aliphatic rings. The van der Waals surface area contributed by atoms with Gasteiger partial charge in [-0.3, -0.25) is 0 Å². The van der Waals surface area contributed by atoms with Crippen molar-refractivity contribution in [3.8, 4) is 0 Å². The highest BCUT2D eigenvalue weighted by Gasteiger charge is 2.29. The van der Waals surface area contributed by atoms with Crippen LogP contribution in [0.3, 0.4) is 0 Å². The Morgan fingerprint density at radius 3 is 2.94 bits per heavy atom. The molecule has 1 aromatic rings. The molecule has 0 heterocycles. The molecule has 3 rings (SSSR count). The van der Waals surface area contributed by atoms with Gasteiger partial charge in [0.2, 0.25) is 0 Å². The maximum Gasteiger partial charge on any atom is 0.123 e. The van der Waals surface area contributed by atoms with Crippen LogP contribution in [0.15, 0.2) is 18.2 Å². The van der Waals surface area contributed by atoms with E-state index in [0.717, 1.165) is 37.8 Å². The first-order chi connectivity index (χ1) is 8.22. The number of rotatable bonds is 3. The molecule has 92 valence electrons. The van der Waals surface area contributed by atoms with E-state index in [4.69, 9.17) is 0 Å². The van der Waals surface area contributed by atoms with Gasteiger partial charge in [-0.15, -0.1) is 0 Å². The van der Waals surface area contributed by atoms with E-state index in [1.54, 1.807) is 12.1 Å². The van der Waals surface area contributed by atoms with Crippen LogP contribution in [0.1, 0.15) is 36.4 Å². The van der Waals surface area contributed by atoms with Gasteiger partial charge >= 0.3 is 0 Å². The Labute approximate surface area is 101 Å². The number of benzene rings is 1. The SMILES string of the molecule is OC1CC(CNC2CCc3cc(F)ccc32)C1. The third-order valence-corrected chi connectivity index (χ3v) is 4.05. The average Bonchev–Trinajstić information content (AvgIpc) is 2.65. The third kappa shape index (κ3) is 2.22. The van der Waals surface area contributed by atoms with E-state index in [1.165, 1.54) is 5.56 Å². The Kier molecular flexibility index (Phi) is 2.89. The average molecular weight is 235 g/mol. The van der Waals surface area contributed by atoms with Crippen LogP contribution in [-0.2, 0) is 6.42 Å². The Balaban J connectivity index is 1.60. The van der Waals surface area contributed by atoms with Gasteiger partial charge in [-0.05, 0) is 61.4 Å². The normalized spacial score (nSPS) is 31.1. The molecular formula is C14H18FNO. The largest absolute Gasteiger partial charge is 0.393 e. The summed E-state index contributed by atoms with van der Waals surface area (Å²) in [6, 6.07) is 5.49. The van der Waals surface area contributed by atoms with Gasteiger partial charge < -0.3 is 10.4 Å². The molecule has 0 bridgehead atoms. The van der Waals surface area contributed by atoms with E-state index in [1.807, 2.05) is 6.07 Å². The number of aliphatic hydroxyl groups is 1. The molecule has 1 saturated carbocycles. The minimum atomic E-state index is -0.133. The van der Waals surface area contributed by atoms with E-state index >= 15 is 0 Å². The highest BCUT2D eigenvalue weighted by Crippen LogP contribution is 2.33. The summed E-state index contributed by atoms with van der Waals surface area (Å²) in [6.45, 7) is 0.971. The number of aryl methyl sites for hydroxylation is 1. The molecule has 0 spiro atoms. The molecule has 2 nitrogen and oxygen atoms in total. The summed E-state index contributed by atoms with van der Waals surface area (Å²) in [5, 5.41) is 12.8. The topological polar surface area (TPSA) is 32.3 Å². The molecule has 0 radical (unpaired) electrons. The summed E-state index contributed by atoms with van der Waals surface area (Å²) in [4.78, 5) is 0. The zero-order valence-electron chi connectivity index (χ0n) is 9.82. The van der Waals surface area contributed by atoms with Gasteiger partial charge in [0.1, 0.15) is 5.82 Å². The second-order valence-corrected chi connectivity index (χ2v) is 5.33. The molecule has 17 heavy (non-hydrogen) atoms. The smallest absolute Gasteiger partial charge is 0.123 e. The van der Waals surface area contributed by atoms with Crippen LogP contribution in [0.5, 0.6) is 0 Å². The number of halogens is 1. The Bertz CT molecular complexity index is 415. The van der Waals surface area contributed by atoms with Crippen molar-refractivity contribution in [2.75, 3.05) is 6.54 Å². The van der Waals surface area contributed by atoms with Gasteiger partial charge in [-0.25, -0.2) is 4.39 Å². The summed E-state index contributed by atoms with van der Waals surface area (Å²) >= 11 is 0. The van der Waals surface area contributed by atoms with Crippen molar-refractivity contribution in [3.05, 3.63) is 35.1 Å². The van der Waals surface area contributed by atoms with E-state index in [-0.39, 0.29) is 11.9 Å². The minimum Gasteiger partial charge on any atom is -0.393 e. The molecule has 1 unspecified atom stereocenters. The van der Waals surface area contributed by atoms with Crippen molar-refractivity contribution in [1.82, 2.24) is 5.32 Å². The van der Waals surface area contributed by atoms with Gasteiger partial charge in [-0.1, -0.05) is 6.07 Å². The molecule has 1 fully saturated rings. The Morgan fingerprint density at radius 1 is 1.35 bits per heavy atom. The first kappa shape index (κ1) is 11.2.